The highest BCUT2D eigenvalue weighted by atomic mass is 16.4. The molecule has 0 saturated heterocycles. The number of Topliss-reactive ketones (excluding diaryl/α,β-unsaturated/α-hetero) is 2. The van der Waals surface area contributed by atoms with Gasteiger partial charge in [-0.2, -0.15) is 0 Å². The van der Waals surface area contributed by atoms with Crippen LogP contribution in [0.15, 0.2) is 0 Å². The summed E-state index contributed by atoms with van der Waals surface area (Å²) in [6.45, 7) is 0. The Morgan fingerprint density at radius 1 is 0.524 bits per heavy atom. The lowest BCUT2D eigenvalue weighted by atomic mass is 10.2. The average Bonchev–Trinajstić information content (AvgIpc) is 2.35. The van der Waals surface area contributed by atoms with Gasteiger partial charge in [0.25, 0.3) is 0 Å². The standard InChI is InChI=1S/C6H8O5.C5H6O5/c7-4(6(10)11)2-1-3-5(8)9;6-3(5(9)10)1-2-4(7)8/h1-3H2,(H,8,9)(H,10,11);1-2H2,(H,7,8)(H,9,10). The van der Waals surface area contributed by atoms with Crippen molar-refractivity contribution in [2.24, 2.45) is 0 Å². The van der Waals surface area contributed by atoms with E-state index in [0.717, 1.165) is 0 Å². The summed E-state index contributed by atoms with van der Waals surface area (Å²) < 4.78 is 0. The third-order valence-corrected chi connectivity index (χ3v) is 1.84. The monoisotopic (exact) mass is 306 g/mol. The Morgan fingerprint density at radius 3 is 1.24 bits per heavy atom. The van der Waals surface area contributed by atoms with Crippen molar-refractivity contribution in [2.75, 3.05) is 0 Å². The molecule has 0 bridgehead atoms. The van der Waals surface area contributed by atoms with Crippen LogP contribution in [0.3, 0.4) is 0 Å². The quantitative estimate of drug-likeness (QED) is 0.401. The molecule has 0 aliphatic rings. The van der Waals surface area contributed by atoms with E-state index < -0.39 is 48.3 Å². The van der Waals surface area contributed by atoms with Crippen molar-refractivity contribution in [3.8, 4) is 0 Å². The molecule has 0 rings (SSSR count). The zero-order valence-corrected chi connectivity index (χ0v) is 10.8. The van der Waals surface area contributed by atoms with Gasteiger partial charge in [0.05, 0.1) is 6.42 Å². The van der Waals surface area contributed by atoms with Crippen LogP contribution in [0.4, 0.5) is 0 Å². The van der Waals surface area contributed by atoms with Crippen molar-refractivity contribution in [1.29, 1.82) is 0 Å². The first kappa shape index (κ1) is 20.5. The van der Waals surface area contributed by atoms with Crippen molar-refractivity contribution in [2.45, 2.75) is 32.1 Å². The Morgan fingerprint density at radius 2 is 0.905 bits per heavy atom. The highest BCUT2D eigenvalue weighted by molar-refractivity contribution is 6.33. The minimum atomic E-state index is -1.58. The molecule has 0 fully saturated rings. The van der Waals surface area contributed by atoms with Gasteiger partial charge in [-0.1, -0.05) is 0 Å². The Kier molecular flexibility index (Phi) is 10.8. The maximum atomic E-state index is 10.3. The maximum Gasteiger partial charge on any atom is 0.372 e. The molecule has 0 aromatic carbocycles. The maximum absolute atomic E-state index is 10.3. The lowest BCUT2D eigenvalue weighted by Gasteiger charge is -1.91. The molecule has 0 unspecified atom stereocenters. The summed E-state index contributed by atoms with van der Waals surface area (Å²) in [5.41, 5.74) is 0. The highest BCUT2D eigenvalue weighted by Crippen LogP contribution is 1.96. The van der Waals surface area contributed by atoms with E-state index >= 15 is 0 Å². The molecule has 0 aliphatic heterocycles. The average molecular weight is 306 g/mol. The van der Waals surface area contributed by atoms with E-state index in [1.807, 2.05) is 0 Å². The van der Waals surface area contributed by atoms with Crippen molar-refractivity contribution >= 4 is 35.4 Å². The van der Waals surface area contributed by atoms with Crippen LogP contribution in [-0.2, 0) is 28.8 Å². The molecule has 21 heavy (non-hydrogen) atoms. The van der Waals surface area contributed by atoms with Gasteiger partial charge in [0.15, 0.2) is 0 Å². The molecule has 0 saturated carbocycles. The van der Waals surface area contributed by atoms with Gasteiger partial charge in [-0.05, 0) is 6.42 Å². The predicted octanol–water partition coefficient (Wildman–Crippen LogP) is -0.600. The summed E-state index contributed by atoms with van der Waals surface area (Å²) in [5, 5.41) is 32.1. The van der Waals surface area contributed by atoms with Gasteiger partial charge in [0.2, 0.25) is 11.6 Å². The smallest absolute Gasteiger partial charge is 0.372 e. The largest absolute Gasteiger partial charge is 0.481 e. The summed E-state index contributed by atoms with van der Waals surface area (Å²) in [4.78, 5) is 59.8. The molecule has 0 aromatic heterocycles. The number of aliphatic carboxylic acids is 4. The topological polar surface area (TPSA) is 183 Å². The van der Waals surface area contributed by atoms with E-state index in [-0.39, 0.29) is 19.3 Å². The minimum Gasteiger partial charge on any atom is -0.481 e. The fourth-order valence-corrected chi connectivity index (χ4v) is 0.835. The molecule has 0 aromatic rings. The Balaban J connectivity index is 0. The van der Waals surface area contributed by atoms with Crippen LogP contribution in [-0.4, -0.2) is 55.9 Å². The van der Waals surface area contributed by atoms with Crippen LogP contribution in [0.5, 0.6) is 0 Å². The number of hydrogen-bond acceptors (Lipinski definition) is 6. The Labute approximate surface area is 118 Å². The molecule has 0 atom stereocenters. The number of rotatable bonds is 9. The molecule has 4 N–H and O–H groups in total. The van der Waals surface area contributed by atoms with Crippen molar-refractivity contribution in [3.63, 3.8) is 0 Å². The first-order chi connectivity index (χ1) is 9.57. The van der Waals surface area contributed by atoms with Gasteiger partial charge >= 0.3 is 23.9 Å². The van der Waals surface area contributed by atoms with Crippen LogP contribution in [0.25, 0.3) is 0 Å². The lowest BCUT2D eigenvalue weighted by Crippen LogP contribution is -2.13. The van der Waals surface area contributed by atoms with Gasteiger partial charge < -0.3 is 20.4 Å². The van der Waals surface area contributed by atoms with Crippen LogP contribution < -0.4 is 0 Å². The summed E-state index contributed by atoms with van der Waals surface area (Å²) in [7, 11) is 0. The van der Waals surface area contributed by atoms with Crippen LogP contribution in [0, 0.1) is 0 Å². The first-order valence-electron chi connectivity index (χ1n) is 5.53. The first-order valence-corrected chi connectivity index (χ1v) is 5.53. The molecule has 0 spiro atoms. The SMILES string of the molecule is O=C(O)CCC(=O)C(=O)O.O=C(O)CCCC(=O)C(=O)O. The molecule has 118 valence electrons. The molecular formula is C11H14O10. The molecule has 0 aliphatic carbocycles. The van der Waals surface area contributed by atoms with E-state index in [1.165, 1.54) is 0 Å². The summed E-state index contributed by atoms with van der Waals surface area (Å²) in [5.74, 6) is -7.29. The summed E-state index contributed by atoms with van der Waals surface area (Å²) in [6, 6.07) is 0. The van der Waals surface area contributed by atoms with Crippen LogP contribution in [0.2, 0.25) is 0 Å². The van der Waals surface area contributed by atoms with E-state index in [2.05, 4.69) is 0 Å². The van der Waals surface area contributed by atoms with Crippen molar-refractivity contribution < 1.29 is 49.2 Å². The van der Waals surface area contributed by atoms with Crippen molar-refractivity contribution in [1.82, 2.24) is 0 Å². The van der Waals surface area contributed by atoms with Gasteiger partial charge in [-0.25, -0.2) is 9.59 Å². The molecule has 0 amide bonds. The van der Waals surface area contributed by atoms with Crippen molar-refractivity contribution in [3.05, 3.63) is 0 Å². The summed E-state index contributed by atoms with van der Waals surface area (Å²) >= 11 is 0. The predicted molar refractivity (Wildman–Crippen MR) is 63.6 cm³/mol. The van der Waals surface area contributed by atoms with E-state index in [0.29, 0.717) is 0 Å². The zero-order chi connectivity index (χ0) is 17.0. The van der Waals surface area contributed by atoms with Gasteiger partial charge in [0.1, 0.15) is 0 Å². The highest BCUT2D eigenvalue weighted by Gasteiger charge is 2.12. The Bertz CT molecular complexity index is 436. The molecule has 0 heterocycles. The zero-order valence-electron chi connectivity index (χ0n) is 10.8. The number of carboxylic acids is 4. The second-order valence-corrected chi connectivity index (χ2v) is 3.60. The van der Waals surface area contributed by atoms with Gasteiger partial charge in [-0.15, -0.1) is 0 Å². The fourth-order valence-electron chi connectivity index (χ4n) is 0.835. The fraction of sp³-hybridized carbons (Fsp3) is 0.455. The number of carbonyl (C=O) groups excluding carboxylic acids is 2. The molecule has 0 radical (unpaired) electrons. The number of hydrogen-bond donors (Lipinski definition) is 4. The number of carbonyl (C=O) groups is 6. The summed E-state index contributed by atoms with van der Waals surface area (Å²) in [6.07, 6.45) is -1.16. The lowest BCUT2D eigenvalue weighted by molar-refractivity contribution is -0.149. The normalized spacial score (nSPS) is 8.95. The minimum absolute atomic E-state index is 0.0838. The molecular weight excluding hydrogens is 292 g/mol. The molecule has 10 heteroatoms. The van der Waals surface area contributed by atoms with Gasteiger partial charge in [-0.3, -0.25) is 19.2 Å². The van der Waals surface area contributed by atoms with Gasteiger partial charge in [0, 0.05) is 19.3 Å². The van der Waals surface area contributed by atoms with Crippen LogP contribution >= 0.6 is 0 Å². The third-order valence-electron chi connectivity index (χ3n) is 1.84. The second kappa shape index (κ2) is 11.1. The van der Waals surface area contributed by atoms with Crippen LogP contribution in [0.1, 0.15) is 32.1 Å². The van der Waals surface area contributed by atoms with E-state index in [4.69, 9.17) is 20.4 Å². The number of ketones is 2. The second-order valence-electron chi connectivity index (χ2n) is 3.60. The number of carboxylic acid groups (broad SMARTS) is 4. The van der Waals surface area contributed by atoms with E-state index in [9.17, 15) is 28.8 Å². The Hall–Kier alpha value is -2.78. The molecule has 10 nitrogen and oxygen atoms in total. The van der Waals surface area contributed by atoms with E-state index in [1.54, 1.807) is 0 Å². The third kappa shape index (κ3) is 15.2.